The van der Waals surface area contributed by atoms with Crippen molar-refractivity contribution in [2.24, 2.45) is 0 Å². The molecule has 110 valence electrons. The van der Waals surface area contributed by atoms with Gasteiger partial charge in [-0.2, -0.15) is 0 Å². The summed E-state index contributed by atoms with van der Waals surface area (Å²) in [6.45, 7) is 3.94. The Kier molecular flexibility index (Phi) is 5.99. The first-order chi connectivity index (χ1) is 9.43. The Hall–Kier alpha value is -2.08. The molecule has 6 heteroatoms. The summed E-state index contributed by atoms with van der Waals surface area (Å²) in [7, 11) is 1.85. The van der Waals surface area contributed by atoms with Crippen molar-refractivity contribution >= 4 is 17.7 Å². The minimum Gasteiger partial charge on any atom is -0.480 e. The van der Waals surface area contributed by atoms with Crippen LogP contribution < -0.4 is 10.6 Å². The van der Waals surface area contributed by atoms with Gasteiger partial charge in [0.25, 0.3) is 0 Å². The van der Waals surface area contributed by atoms with Crippen LogP contribution >= 0.6 is 0 Å². The van der Waals surface area contributed by atoms with Crippen LogP contribution in [0.15, 0.2) is 24.3 Å². The summed E-state index contributed by atoms with van der Waals surface area (Å²) >= 11 is 0. The number of carbonyl (C=O) groups is 2. The van der Waals surface area contributed by atoms with Crippen LogP contribution in [-0.4, -0.2) is 41.6 Å². The molecule has 0 heterocycles. The molecule has 2 amide bonds. The van der Waals surface area contributed by atoms with E-state index in [9.17, 15) is 9.59 Å². The van der Waals surface area contributed by atoms with Crippen molar-refractivity contribution in [1.82, 2.24) is 10.2 Å². The molecule has 0 atom stereocenters. The SMILES string of the molecule is CNCc1cccc(NC(=O)N(CC(=O)O)C(C)C)c1. The smallest absolute Gasteiger partial charge is 0.323 e. The number of anilines is 1. The minimum absolute atomic E-state index is 0.188. The lowest BCUT2D eigenvalue weighted by Crippen LogP contribution is -2.43. The monoisotopic (exact) mass is 279 g/mol. The van der Waals surface area contributed by atoms with E-state index in [1.807, 2.05) is 25.2 Å². The maximum atomic E-state index is 12.1. The third-order valence-corrected chi connectivity index (χ3v) is 2.75. The molecule has 0 bridgehead atoms. The molecule has 1 aromatic rings. The highest BCUT2D eigenvalue weighted by molar-refractivity contribution is 5.91. The minimum atomic E-state index is -1.03. The summed E-state index contributed by atoms with van der Waals surface area (Å²) in [6, 6.07) is 6.82. The van der Waals surface area contributed by atoms with Crippen molar-refractivity contribution in [3.05, 3.63) is 29.8 Å². The van der Waals surface area contributed by atoms with E-state index >= 15 is 0 Å². The Balaban J connectivity index is 2.77. The lowest BCUT2D eigenvalue weighted by atomic mass is 10.2. The Morgan fingerprint density at radius 3 is 2.60 bits per heavy atom. The van der Waals surface area contributed by atoms with E-state index in [0.29, 0.717) is 12.2 Å². The molecular formula is C14H21N3O3. The molecule has 0 saturated heterocycles. The molecule has 1 aromatic carbocycles. The molecule has 0 aromatic heterocycles. The molecule has 0 aliphatic rings. The molecule has 0 aliphatic carbocycles. The molecule has 0 radical (unpaired) electrons. The molecule has 0 spiro atoms. The van der Waals surface area contributed by atoms with Gasteiger partial charge in [0.15, 0.2) is 0 Å². The van der Waals surface area contributed by atoms with Gasteiger partial charge >= 0.3 is 12.0 Å². The number of aliphatic carboxylic acids is 1. The second-order valence-corrected chi connectivity index (χ2v) is 4.78. The lowest BCUT2D eigenvalue weighted by Gasteiger charge is -2.25. The Labute approximate surface area is 118 Å². The van der Waals surface area contributed by atoms with Crippen LogP contribution in [0.5, 0.6) is 0 Å². The van der Waals surface area contributed by atoms with Gasteiger partial charge in [0.2, 0.25) is 0 Å². The van der Waals surface area contributed by atoms with E-state index in [1.165, 1.54) is 4.90 Å². The number of nitrogens with one attached hydrogen (secondary N) is 2. The van der Waals surface area contributed by atoms with Crippen LogP contribution in [0.1, 0.15) is 19.4 Å². The van der Waals surface area contributed by atoms with Gasteiger partial charge in [-0.05, 0) is 38.6 Å². The zero-order chi connectivity index (χ0) is 15.1. The molecule has 0 unspecified atom stereocenters. The van der Waals surface area contributed by atoms with E-state index < -0.39 is 12.0 Å². The lowest BCUT2D eigenvalue weighted by molar-refractivity contribution is -0.137. The fourth-order valence-electron chi connectivity index (χ4n) is 1.79. The van der Waals surface area contributed by atoms with Crippen LogP contribution in [-0.2, 0) is 11.3 Å². The van der Waals surface area contributed by atoms with E-state index in [0.717, 1.165) is 5.56 Å². The van der Waals surface area contributed by atoms with Gasteiger partial charge < -0.3 is 20.6 Å². The van der Waals surface area contributed by atoms with Gasteiger partial charge in [0.05, 0.1) is 0 Å². The highest BCUT2D eigenvalue weighted by Crippen LogP contribution is 2.12. The Morgan fingerprint density at radius 1 is 1.35 bits per heavy atom. The zero-order valence-electron chi connectivity index (χ0n) is 12.0. The summed E-state index contributed by atoms with van der Waals surface area (Å²) in [6.07, 6.45) is 0. The molecule has 20 heavy (non-hydrogen) atoms. The molecule has 0 aliphatic heterocycles. The largest absolute Gasteiger partial charge is 0.480 e. The highest BCUT2D eigenvalue weighted by atomic mass is 16.4. The number of carbonyl (C=O) groups excluding carboxylic acids is 1. The van der Waals surface area contributed by atoms with Crippen molar-refractivity contribution < 1.29 is 14.7 Å². The van der Waals surface area contributed by atoms with E-state index in [4.69, 9.17) is 5.11 Å². The number of hydrogen-bond acceptors (Lipinski definition) is 3. The standard InChI is InChI=1S/C14H21N3O3/c1-10(2)17(9-13(18)19)14(20)16-12-6-4-5-11(7-12)8-15-3/h4-7,10,15H,8-9H2,1-3H3,(H,16,20)(H,18,19). The predicted octanol–water partition coefficient (Wildman–Crippen LogP) is 1.73. The topological polar surface area (TPSA) is 81.7 Å². The predicted molar refractivity (Wildman–Crippen MR) is 77.7 cm³/mol. The average molecular weight is 279 g/mol. The van der Waals surface area contributed by atoms with E-state index in [1.54, 1.807) is 19.9 Å². The van der Waals surface area contributed by atoms with Crippen molar-refractivity contribution in [2.75, 3.05) is 18.9 Å². The zero-order valence-corrected chi connectivity index (χ0v) is 12.0. The van der Waals surface area contributed by atoms with Gasteiger partial charge in [-0.1, -0.05) is 12.1 Å². The Morgan fingerprint density at radius 2 is 2.05 bits per heavy atom. The summed E-state index contributed by atoms with van der Waals surface area (Å²) in [4.78, 5) is 24.1. The Bertz CT molecular complexity index is 474. The van der Waals surface area contributed by atoms with Gasteiger partial charge in [-0.25, -0.2) is 4.79 Å². The number of carboxylic acid groups (broad SMARTS) is 1. The summed E-state index contributed by atoms with van der Waals surface area (Å²) in [5, 5.41) is 14.6. The molecule has 0 fully saturated rings. The number of benzene rings is 1. The van der Waals surface area contributed by atoms with Gasteiger partial charge in [-0.15, -0.1) is 0 Å². The first-order valence-corrected chi connectivity index (χ1v) is 6.47. The number of rotatable bonds is 6. The van der Waals surface area contributed by atoms with Crippen LogP contribution in [0.4, 0.5) is 10.5 Å². The number of carboxylic acids is 1. The first kappa shape index (κ1) is 16.0. The third-order valence-electron chi connectivity index (χ3n) is 2.75. The van der Waals surface area contributed by atoms with E-state index in [-0.39, 0.29) is 12.6 Å². The number of urea groups is 1. The normalized spacial score (nSPS) is 10.4. The number of amides is 2. The summed E-state index contributed by atoms with van der Waals surface area (Å²) in [5.74, 6) is -1.03. The number of nitrogens with zero attached hydrogens (tertiary/aromatic N) is 1. The third kappa shape index (κ3) is 4.89. The molecule has 1 rings (SSSR count). The van der Waals surface area contributed by atoms with Crippen LogP contribution in [0.2, 0.25) is 0 Å². The van der Waals surface area contributed by atoms with Crippen molar-refractivity contribution in [3.8, 4) is 0 Å². The first-order valence-electron chi connectivity index (χ1n) is 6.47. The molecule has 3 N–H and O–H groups in total. The maximum Gasteiger partial charge on any atom is 0.323 e. The quantitative estimate of drug-likeness (QED) is 0.740. The van der Waals surface area contributed by atoms with Crippen molar-refractivity contribution in [2.45, 2.75) is 26.4 Å². The van der Waals surface area contributed by atoms with Crippen LogP contribution in [0.3, 0.4) is 0 Å². The number of hydrogen-bond donors (Lipinski definition) is 3. The molecule has 0 saturated carbocycles. The van der Waals surface area contributed by atoms with Crippen LogP contribution in [0, 0.1) is 0 Å². The van der Waals surface area contributed by atoms with Gasteiger partial charge in [0, 0.05) is 18.3 Å². The second kappa shape index (κ2) is 7.49. The molecular weight excluding hydrogens is 258 g/mol. The molecule has 6 nitrogen and oxygen atoms in total. The van der Waals surface area contributed by atoms with Crippen LogP contribution in [0.25, 0.3) is 0 Å². The summed E-state index contributed by atoms with van der Waals surface area (Å²) in [5.41, 5.74) is 1.69. The van der Waals surface area contributed by atoms with E-state index in [2.05, 4.69) is 10.6 Å². The summed E-state index contributed by atoms with van der Waals surface area (Å²) < 4.78 is 0. The fraction of sp³-hybridized carbons (Fsp3) is 0.429. The maximum absolute atomic E-state index is 12.1. The average Bonchev–Trinajstić information content (AvgIpc) is 2.36. The highest BCUT2D eigenvalue weighted by Gasteiger charge is 2.19. The van der Waals surface area contributed by atoms with Crippen molar-refractivity contribution in [1.29, 1.82) is 0 Å². The van der Waals surface area contributed by atoms with Gasteiger partial charge in [-0.3, -0.25) is 4.79 Å². The van der Waals surface area contributed by atoms with Crippen molar-refractivity contribution in [3.63, 3.8) is 0 Å². The fourth-order valence-corrected chi connectivity index (χ4v) is 1.79. The second-order valence-electron chi connectivity index (χ2n) is 4.78. The van der Waals surface area contributed by atoms with Gasteiger partial charge in [0.1, 0.15) is 6.54 Å².